The van der Waals surface area contributed by atoms with Gasteiger partial charge in [-0.05, 0) is 25.5 Å². The molecule has 5 heteroatoms. The molecule has 0 aliphatic heterocycles. The Bertz CT molecular complexity index is 644. The summed E-state index contributed by atoms with van der Waals surface area (Å²) in [6.07, 6.45) is 1.50. The molecule has 21 heavy (non-hydrogen) atoms. The number of carbonyl (C=O) groups excluding carboxylic acids is 1. The van der Waals surface area contributed by atoms with Crippen LogP contribution in [0.15, 0.2) is 41.6 Å². The summed E-state index contributed by atoms with van der Waals surface area (Å²) in [6.45, 7) is 4.16. The van der Waals surface area contributed by atoms with Crippen LogP contribution in [0.25, 0.3) is 0 Å². The van der Waals surface area contributed by atoms with Gasteiger partial charge in [-0.1, -0.05) is 29.8 Å². The van der Waals surface area contributed by atoms with Crippen molar-refractivity contribution in [1.82, 2.24) is 4.98 Å². The molecule has 2 N–H and O–H groups in total. The average molecular weight is 302 g/mol. The number of esters is 1. The second kappa shape index (κ2) is 7.13. The van der Waals surface area contributed by atoms with Crippen LogP contribution in [0.1, 0.15) is 28.4 Å². The number of thioether (sulfide) groups is 1. The van der Waals surface area contributed by atoms with Gasteiger partial charge in [0.1, 0.15) is 0 Å². The van der Waals surface area contributed by atoms with Gasteiger partial charge in [0.2, 0.25) is 0 Å². The van der Waals surface area contributed by atoms with E-state index in [-0.39, 0.29) is 0 Å². The molecule has 0 amide bonds. The predicted octanol–water partition coefficient (Wildman–Crippen LogP) is 3.44. The molecule has 0 spiro atoms. The summed E-state index contributed by atoms with van der Waals surface area (Å²) in [5, 5.41) is 0.758. The summed E-state index contributed by atoms with van der Waals surface area (Å²) in [7, 11) is 0. The lowest BCUT2D eigenvalue weighted by Crippen LogP contribution is -2.08. The van der Waals surface area contributed by atoms with Gasteiger partial charge in [-0.25, -0.2) is 9.78 Å². The first-order valence-electron chi connectivity index (χ1n) is 6.71. The first kappa shape index (κ1) is 15.4. The Morgan fingerprint density at radius 3 is 2.90 bits per heavy atom. The zero-order valence-electron chi connectivity index (χ0n) is 12.1. The number of carbonyl (C=O) groups is 1. The van der Waals surface area contributed by atoms with E-state index in [0.717, 1.165) is 10.8 Å². The van der Waals surface area contributed by atoms with Gasteiger partial charge < -0.3 is 10.5 Å². The van der Waals surface area contributed by atoms with Crippen molar-refractivity contribution in [2.75, 3.05) is 12.3 Å². The second-order valence-corrected chi connectivity index (χ2v) is 5.60. The lowest BCUT2D eigenvalue weighted by atomic mass is 10.2. The van der Waals surface area contributed by atoms with E-state index in [1.54, 1.807) is 24.8 Å². The molecule has 0 bridgehead atoms. The van der Waals surface area contributed by atoms with E-state index in [1.807, 2.05) is 6.07 Å². The van der Waals surface area contributed by atoms with Gasteiger partial charge in [-0.15, -0.1) is 11.8 Å². The third-order valence-electron chi connectivity index (χ3n) is 2.87. The molecule has 1 aromatic carbocycles. The van der Waals surface area contributed by atoms with Crippen molar-refractivity contribution >= 4 is 23.4 Å². The van der Waals surface area contributed by atoms with Crippen LogP contribution in [0.3, 0.4) is 0 Å². The largest absolute Gasteiger partial charge is 0.462 e. The van der Waals surface area contributed by atoms with Crippen molar-refractivity contribution in [2.24, 2.45) is 0 Å². The number of aryl methyl sites for hydroxylation is 1. The fourth-order valence-corrected chi connectivity index (χ4v) is 2.69. The maximum absolute atomic E-state index is 11.8. The number of benzene rings is 1. The van der Waals surface area contributed by atoms with Crippen LogP contribution in [-0.2, 0) is 10.5 Å². The number of hydrogen-bond donors (Lipinski definition) is 1. The van der Waals surface area contributed by atoms with Gasteiger partial charge in [0.25, 0.3) is 0 Å². The lowest BCUT2D eigenvalue weighted by Gasteiger charge is -2.07. The summed E-state index contributed by atoms with van der Waals surface area (Å²) in [6, 6.07) is 9.99. The molecule has 1 heterocycles. The van der Waals surface area contributed by atoms with Crippen LogP contribution in [0.5, 0.6) is 0 Å². The maximum Gasteiger partial charge on any atom is 0.340 e. The topological polar surface area (TPSA) is 65.2 Å². The van der Waals surface area contributed by atoms with Gasteiger partial charge in [-0.3, -0.25) is 0 Å². The summed E-state index contributed by atoms with van der Waals surface area (Å²) in [4.78, 5) is 16.0. The number of rotatable bonds is 5. The van der Waals surface area contributed by atoms with Crippen LogP contribution >= 0.6 is 11.8 Å². The number of aromatic nitrogens is 1. The molecule has 0 saturated heterocycles. The standard InChI is InChI=1S/C16H18N2O2S/c1-3-20-16(19)13-8-15(18-9-14(13)17)21-10-12-6-4-5-11(2)7-12/h4-9H,3,10,17H2,1-2H3. The quantitative estimate of drug-likeness (QED) is 0.677. The minimum atomic E-state index is -0.408. The Kier molecular flexibility index (Phi) is 5.22. The van der Waals surface area contributed by atoms with E-state index in [0.29, 0.717) is 17.9 Å². The fraction of sp³-hybridized carbons (Fsp3) is 0.250. The van der Waals surface area contributed by atoms with Crippen molar-refractivity contribution in [3.05, 3.63) is 53.2 Å². The summed E-state index contributed by atoms with van der Waals surface area (Å²) < 4.78 is 4.99. The third-order valence-corrected chi connectivity index (χ3v) is 3.87. The van der Waals surface area contributed by atoms with E-state index in [1.165, 1.54) is 17.3 Å². The van der Waals surface area contributed by atoms with E-state index < -0.39 is 5.97 Å². The molecular formula is C16H18N2O2S. The first-order valence-corrected chi connectivity index (χ1v) is 7.69. The van der Waals surface area contributed by atoms with Crippen LogP contribution < -0.4 is 5.73 Å². The van der Waals surface area contributed by atoms with Gasteiger partial charge in [-0.2, -0.15) is 0 Å². The zero-order chi connectivity index (χ0) is 15.2. The molecule has 4 nitrogen and oxygen atoms in total. The summed E-state index contributed by atoms with van der Waals surface area (Å²) in [5.41, 5.74) is 8.94. The molecule has 2 rings (SSSR count). The Morgan fingerprint density at radius 2 is 2.19 bits per heavy atom. The van der Waals surface area contributed by atoms with E-state index in [9.17, 15) is 4.79 Å². The molecule has 0 atom stereocenters. The number of nitrogen functional groups attached to an aromatic ring is 1. The van der Waals surface area contributed by atoms with Crippen molar-refractivity contribution in [1.29, 1.82) is 0 Å². The average Bonchev–Trinajstić information content (AvgIpc) is 2.46. The SMILES string of the molecule is CCOC(=O)c1cc(SCc2cccc(C)c2)ncc1N. The zero-order valence-corrected chi connectivity index (χ0v) is 12.9. The van der Waals surface area contributed by atoms with E-state index >= 15 is 0 Å². The minimum absolute atomic E-state index is 0.326. The third kappa shape index (κ3) is 4.23. The van der Waals surface area contributed by atoms with Crippen LogP contribution in [-0.4, -0.2) is 17.6 Å². The van der Waals surface area contributed by atoms with Crippen molar-refractivity contribution in [3.63, 3.8) is 0 Å². The van der Waals surface area contributed by atoms with Crippen molar-refractivity contribution < 1.29 is 9.53 Å². The van der Waals surface area contributed by atoms with Crippen molar-refractivity contribution in [3.8, 4) is 0 Å². The number of pyridine rings is 1. The van der Waals surface area contributed by atoms with Crippen LogP contribution in [0.2, 0.25) is 0 Å². The summed E-state index contributed by atoms with van der Waals surface area (Å²) in [5.74, 6) is 0.385. The highest BCUT2D eigenvalue weighted by Crippen LogP contribution is 2.24. The summed E-state index contributed by atoms with van der Waals surface area (Å²) >= 11 is 1.57. The lowest BCUT2D eigenvalue weighted by molar-refractivity contribution is 0.0527. The molecule has 2 aromatic rings. The Hall–Kier alpha value is -2.01. The van der Waals surface area contributed by atoms with Crippen LogP contribution in [0, 0.1) is 6.92 Å². The molecular weight excluding hydrogens is 284 g/mol. The molecule has 0 unspecified atom stereocenters. The Labute approximate surface area is 128 Å². The smallest absolute Gasteiger partial charge is 0.340 e. The molecule has 0 aliphatic carbocycles. The minimum Gasteiger partial charge on any atom is -0.462 e. The Morgan fingerprint density at radius 1 is 1.38 bits per heavy atom. The van der Waals surface area contributed by atoms with Gasteiger partial charge in [0.05, 0.1) is 29.1 Å². The van der Waals surface area contributed by atoms with Crippen LogP contribution in [0.4, 0.5) is 5.69 Å². The Balaban J connectivity index is 2.10. The highest BCUT2D eigenvalue weighted by molar-refractivity contribution is 7.98. The van der Waals surface area contributed by atoms with Gasteiger partial charge in [0.15, 0.2) is 0 Å². The molecule has 0 aliphatic rings. The molecule has 0 saturated carbocycles. The van der Waals surface area contributed by atoms with Crippen molar-refractivity contribution in [2.45, 2.75) is 24.6 Å². The number of nitrogens with zero attached hydrogens (tertiary/aromatic N) is 1. The highest BCUT2D eigenvalue weighted by atomic mass is 32.2. The molecule has 110 valence electrons. The normalized spacial score (nSPS) is 10.4. The second-order valence-electron chi connectivity index (χ2n) is 4.61. The van der Waals surface area contributed by atoms with Gasteiger partial charge in [0, 0.05) is 5.75 Å². The molecule has 1 aromatic heterocycles. The monoisotopic (exact) mass is 302 g/mol. The number of anilines is 1. The fourth-order valence-electron chi connectivity index (χ4n) is 1.87. The van der Waals surface area contributed by atoms with E-state index in [2.05, 4.69) is 30.1 Å². The number of nitrogens with two attached hydrogens (primary N) is 1. The molecule has 0 radical (unpaired) electrons. The molecule has 0 fully saturated rings. The number of hydrogen-bond acceptors (Lipinski definition) is 5. The van der Waals surface area contributed by atoms with Gasteiger partial charge >= 0.3 is 5.97 Å². The van der Waals surface area contributed by atoms with E-state index in [4.69, 9.17) is 10.5 Å². The first-order chi connectivity index (χ1) is 10.1. The number of ether oxygens (including phenoxy) is 1. The predicted molar refractivity (Wildman–Crippen MR) is 85.3 cm³/mol. The maximum atomic E-state index is 11.8. The highest BCUT2D eigenvalue weighted by Gasteiger charge is 2.12.